The number of carbonyl (C=O) groups excluding carboxylic acids is 1. The number of imidazole rings is 1. The van der Waals surface area contributed by atoms with Gasteiger partial charge in [0.25, 0.3) is 5.91 Å². The number of hydrogen-bond acceptors (Lipinski definition) is 5. The van der Waals surface area contributed by atoms with Crippen molar-refractivity contribution in [3.05, 3.63) is 47.8 Å². The summed E-state index contributed by atoms with van der Waals surface area (Å²) >= 11 is 0. The molecule has 4 rings (SSSR count). The third-order valence-electron chi connectivity index (χ3n) is 6.42. The first kappa shape index (κ1) is 20.0. The number of fused-ring (bicyclic) bond motifs is 2. The van der Waals surface area contributed by atoms with Gasteiger partial charge in [0, 0.05) is 64.8 Å². The molecular weight excluding hydrogens is 366 g/mol. The minimum absolute atomic E-state index is 0.105. The van der Waals surface area contributed by atoms with Crippen molar-refractivity contribution in [3.8, 4) is 0 Å². The van der Waals surface area contributed by atoms with Crippen LogP contribution >= 0.6 is 0 Å². The lowest BCUT2D eigenvalue weighted by molar-refractivity contribution is -0.150. The van der Waals surface area contributed by atoms with Crippen LogP contribution in [0.2, 0.25) is 0 Å². The second kappa shape index (κ2) is 8.24. The maximum atomic E-state index is 13.5. The maximum absolute atomic E-state index is 13.5. The molecule has 2 atom stereocenters. The number of hydrogen-bond donors (Lipinski definition) is 0. The van der Waals surface area contributed by atoms with Crippen molar-refractivity contribution in [1.82, 2.24) is 24.3 Å². The number of ether oxygens (including phenoxy) is 1. The Hall–Kier alpha value is -2.25. The fourth-order valence-corrected chi connectivity index (χ4v) is 4.97. The molecule has 0 aliphatic carbocycles. The van der Waals surface area contributed by atoms with Crippen molar-refractivity contribution in [2.75, 3.05) is 26.7 Å². The molecule has 0 radical (unpaired) electrons. The Balaban J connectivity index is 1.65. The number of methoxy groups -OCH3 is 1. The van der Waals surface area contributed by atoms with Crippen molar-refractivity contribution in [1.29, 1.82) is 0 Å². The van der Waals surface area contributed by atoms with Gasteiger partial charge in [0.2, 0.25) is 0 Å². The highest BCUT2D eigenvalue weighted by Gasteiger charge is 2.52. The fourth-order valence-electron chi connectivity index (χ4n) is 4.97. The van der Waals surface area contributed by atoms with Gasteiger partial charge in [0.05, 0.1) is 12.0 Å². The number of pyridine rings is 1. The first-order valence-corrected chi connectivity index (χ1v) is 10.5. The molecular formula is C22H31N5O2. The predicted octanol–water partition coefficient (Wildman–Crippen LogP) is 2.12. The monoisotopic (exact) mass is 397 g/mol. The van der Waals surface area contributed by atoms with Gasteiger partial charge in [-0.3, -0.25) is 14.7 Å². The van der Waals surface area contributed by atoms with Gasteiger partial charge in [-0.2, -0.15) is 0 Å². The van der Waals surface area contributed by atoms with Crippen molar-refractivity contribution < 1.29 is 9.53 Å². The molecule has 156 valence electrons. The Bertz CT molecular complexity index is 852. The third-order valence-corrected chi connectivity index (χ3v) is 6.42. The normalized spacial score (nSPS) is 22.8. The quantitative estimate of drug-likeness (QED) is 0.747. The van der Waals surface area contributed by atoms with Gasteiger partial charge in [0.1, 0.15) is 11.6 Å². The SMILES string of the molecule is CCCC(OC)C(=O)N1CCc2c(ncn2C)C12CCN(Cc1cccnc1)C2. The number of aromatic nitrogens is 3. The molecule has 2 aliphatic heterocycles. The molecule has 2 unspecified atom stereocenters. The molecule has 0 N–H and O–H groups in total. The van der Waals surface area contributed by atoms with Crippen LogP contribution < -0.4 is 0 Å². The number of nitrogens with zero attached hydrogens (tertiary/aromatic N) is 5. The second-order valence-electron chi connectivity index (χ2n) is 8.26. The van der Waals surface area contributed by atoms with Crippen LogP contribution in [0.4, 0.5) is 0 Å². The highest BCUT2D eigenvalue weighted by molar-refractivity contribution is 5.82. The van der Waals surface area contributed by atoms with Crippen LogP contribution in [0.5, 0.6) is 0 Å². The van der Waals surface area contributed by atoms with Crippen LogP contribution in [-0.2, 0) is 35.1 Å². The van der Waals surface area contributed by atoms with Crippen LogP contribution in [0.3, 0.4) is 0 Å². The molecule has 2 aliphatic rings. The summed E-state index contributed by atoms with van der Waals surface area (Å²) in [7, 11) is 3.69. The van der Waals surface area contributed by atoms with Crippen LogP contribution in [0.25, 0.3) is 0 Å². The third kappa shape index (κ3) is 3.57. The summed E-state index contributed by atoms with van der Waals surface area (Å²) in [5.74, 6) is 0.105. The van der Waals surface area contributed by atoms with Gasteiger partial charge in [-0.15, -0.1) is 0 Å². The van der Waals surface area contributed by atoms with Crippen LogP contribution in [0.1, 0.15) is 43.1 Å². The highest BCUT2D eigenvalue weighted by Crippen LogP contribution is 2.42. The summed E-state index contributed by atoms with van der Waals surface area (Å²) in [6.45, 7) is 5.37. The molecule has 29 heavy (non-hydrogen) atoms. The lowest BCUT2D eigenvalue weighted by Gasteiger charge is -2.45. The second-order valence-corrected chi connectivity index (χ2v) is 8.26. The number of carbonyl (C=O) groups is 1. The largest absolute Gasteiger partial charge is 0.372 e. The predicted molar refractivity (Wildman–Crippen MR) is 110 cm³/mol. The fraction of sp³-hybridized carbons (Fsp3) is 0.591. The smallest absolute Gasteiger partial charge is 0.252 e. The van der Waals surface area contributed by atoms with Gasteiger partial charge >= 0.3 is 0 Å². The topological polar surface area (TPSA) is 63.5 Å². The van der Waals surface area contributed by atoms with E-state index in [1.807, 2.05) is 18.6 Å². The molecule has 1 fully saturated rings. The van der Waals surface area contributed by atoms with E-state index in [-0.39, 0.29) is 17.6 Å². The summed E-state index contributed by atoms with van der Waals surface area (Å²) in [4.78, 5) is 27.0. The zero-order valence-electron chi connectivity index (χ0n) is 17.7. The number of aryl methyl sites for hydroxylation is 1. The Morgan fingerprint density at radius 2 is 2.24 bits per heavy atom. The molecule has 7 nitrogen and oxygen atoms in total. The first-order chi connectivity index (χ1) is 14.1. The van der Waals surface area contributed by atoms with E-state index in [1.165, 1.54) is 11.3 Å². The molecule has 0 aromatic carbocycles. The van der Waals surface area contributed by atoms with Crippen LogP contribution in [-0.4, -0.2) is 63.1 Å². The van der Waals surface area contributed by atoms with Gasteiger partial charge in [-0.1, -0.05) is 19.4 Å². The summed E-state index contributed by atoms with van der Waals surface area (Å²) < 4.78 is 7.70. The molecule has 0 bridgehead atoms. The van der Waals surface area contributed by atoms with Gasteiger partial charge in [-0.25, -0.2) is 4.98 Å². The van der Waals surface area contributed by atoms with E-state index in [9.17, 15) is 4.79 Å². The molecule has 0 saturated carbocycles. The minimum atomic E-state index is -0.380. The minimum Gasteiger partial charge on any atom is -0.372 e. The molecule has 1 spiro atoms. The Kier molecular flexibility index (Phi) is 5.69. The number of rotatable bonds is 6. The Labute approximate surface area is 172 Å². The Morgan fingerprint density at radius 1 is 1.38 bits per heavy atom. The molecule has 1 saturated heterocycles. The zero-order valence-corrected chi connectivity index (χ0v) is 17.7. The number of likely N-dealkylation sites (tertiary alicyclic amines) is 1. The molecule has 2 aromatic heterocycles. The highest BCUT2D eigenvalue weighted by atomic mass is 16.5. The molecule has 4 heterocycles. The van der Waals surface area contributed by atoms with E-state index in [0.717, 1.165) is 57.6 Å². The summed E-state index contributed by atoms with van der Waals surface area (Å²) in [5.41, 5.74) is 3.14. The van der Waals surface area contributed by atoms with Gasteiger partial charge in [-0.05, 0) is 24.5 Å². The van der Waals surface area contributed by atoms with Gasteiger partial charge < -0.3 is 14.2 Å². The van der Waals surface area contributed by atoms with E-state index >= 15 is 0 Å². The van der Waals surface area contributed by atoms with Crippen molar-refractivity contribution in [2.24, 2.45) is 7.05 Å². The van der Waals surface area contributed by atoms with E-state index in [4.69, 9.17) is 9.72 Å². The van der Waals surface area contributed by atoms with E-state index < -0.39 is 0 Å². The number of amides is 1. The zero-order chi connectivity index (χ0) is 20.4. The maximum Gasteiger partial charge on any atom is 0.252 e. The molecule has 7 heteroatoms. The van der Waals surface area contributed by atoms with E-state index in [2.05, 4.69) is 39.4 Å². The lowest BCUT2D eigenvalue weighted by Crippen LogP contribution is -2.57. The van der Waals surface area contributed by atoms with Crippen LogP contribution in [0.15, 0.2) is 30.9 Å². The van der Waals surface area contributed by atoms with E-state index in [0.29, 0.717) is 0 Å². The van der Waals surface area contributed by atoms with Gasteiger partial charge in [0.15, 0.2) is 0 Å². The Morgan fingerprint density at radius 3 is 2.97 bits per heavy atom. The molecule has 1 amide bonds. The summed E-state index contributed by atoms with van der Waals surface area (Å²) in [6.07, 6.45) is 8.64. The van der Waals surface area contributed by atoms with Crippen LogP contribution in [0, 0.1) is 0 Å². The average molecular weight is 398 g/mol. The van der Waals surface area contributed by atoms with E-state index in [1.54, 1.807) is 13.3 Å². The summed E-state index contributed by atoms with van der Waals surface area (Å²) in [5, 5.41) is 0. The van der Waals surface area contributed by atoms with Crippen molar-refractivity contribution in [2.45, 2.75) is 50.8 Å². The summed E-state index contributed by atoms with van der Waals surface area (Å²) in [6, 6.07) is 4.08. The lowest BCUT2D eigenvalue weighted by atomic mass is 9.85. The van der Waals surface area contributed by atoms with Crippen molar-refractivity contribution >= 4 is 5.91 Å². The van der Waals surface area contributed by atoms with Crippen molar-refractivity contribution in [3.63, 3.8) is 0 Å². The average Bonchev–Trinajstić information content (AvgIpc) is 3.32. The first-order valence-electron chi connectivity index (χ1n) is 10.5. The standard InChI is InChI=1S/C22H31N5O2/c1-4-6-19(29-3)21(28)27-11-8-18-20(24-16-25(18)2)22(27)9-12-26(15-22)14-17-7-5-10-23-13-17/h5,7,10,13,16,19H,4,6,8-9,11-12,14-15H2,1-3H3. The molecule has 2 aromatic rings.